The van der Waals surface area contributed by atoms with Crippen LogP contribution in [0.3, 0.4) is 0 Å². The van der Waals surface area contributed by atoms with Gasteiger partial charge in [-0.25, -0.2) is 4.98 Å². The Bertz CT molecular complexity index is 390. The first-order valence-electron chi connectivity index (χ1n) is 6.07. The minimum atomic E-state index is -0.0830. The summed E-state index contributed by atoms with van der Waals surface area (Å²) in [4.78, 5) is 18.2. The lowest BCUT2D eigenvalue weighted by Crippen LogP contribution is -2.26. The van der Waals surface area contributed by atoms with E-state index in [-0.39, 0.29) is 11.7 Å². The number of hydrogen-bond acceptors (Lipinski definition) is 4. The molecule has 0 bridgehead atoms. The van der Waals surface area contributed by atoms with Crippen LogP contribution in [-0.4, -0.2) is 29.2 Å². The molecule has 1 fully saturated rings. The summed E-state index contributed by atoms with van der Waals surface area (Å²) in [6, 6.07) is 0.645. The van der Waals surface area contributed by atoms with E-state index in [1.807, 2.05) is 5.38 Å². The zero-order valence-electron chi connectivity index (χ0n) is 9.99. The fourth-order valence-electron chi connectivity index (χ4n) is 1.74. The van der Waals surface area contributed by atoms with Crippen molar-refractivity contribution in [3.05, 3.63) is 11.1 Å². The summed E-state index contributed by atoms with van der Waals surface area (Å²) in [5.74, 6) is -0.0675. The molecule has 1 aromatic heterocycles. The normalized spacial score (nSPS) is 14.9. The van der Waals surface area contributed by atoms with Crippen LogP contribution in [0.5, 0.6) is 0 Å². The Hall–Kier alpha value is -0.610. The number of alkyl halides is 1. The summed E-state index contributed by atoms with van der Waals surface area (Å²) >= 11 is 7.09. The van der Waals surface area contributed by atoms with Gasteiger partial charge in [-0.05, 0) is 19.3 Å². The fraction of sp³-hybridized carbons (Fsp3) is 0.667. The van der Waals surface area contributed by atoms with Crippen molar-refractivity contribution in [3.8, 4) is 0 Å². The predicted molar refractivity (Wildman–Crippen MR) is 72.4 cm³/mol. The van der Waals surface area contributed by atoms with E-state index in [1.54, 1.807) is 11.3 Å². The summed E-state index contributed by atoms with van der Waals surface area (Å²) in [6.07, 6.45) is 4.86. The molecule has 1 aliphatic rings. The van der Waals surface area contributed by atoms with Crippen molar-refractivity contribution in [1.82, 2.24) is 4.98 Å². The number of aromatic nitrogens is 1. The molecule has 0 N–H and O–H groups in total. The van der Waals surface area contributed by atoms with Gasteiger partial charge >= 0.3 is 0 Å². The van der Waals surface area contributed by atoms with Gasteiger partial charge in [-0.3, -0.25) is 4.79 Å². The molecule has 0 atom stereocenters. The Morgan fingerprint density at radius 2 is 2.41 bits per heavy atom. The maximum atomic E-state index is 11.4. The van der Waals surface area contributed by atoms with Crippen LogP contribution in [0.25, 0.3) is 0 Å². The van der Waals surface area contributed by atoms with E-state index >= 15 is 0 Å². The Balaban J connectivity index is 2.07. The minimum Gasteiger partial charge on any atom is -0.345 e. The molecule has 0 saturated heterocycles. The number of ketones is 1. The summed E-state index contributed by atoms with van der Waals surface area (Å²) in [5, 5.41) is 2.80. The molecule has 17 heavy (non-hydrogen) atoms. The molecule has 1 aliphatic carbocycles. The standard InChI is InChI=1S/C12H17ClN2OS/c1-2-3-6-15(9-4-5-9)12-14-10(8-17-12)11(16)7-13/h8-9H,2-7H2,1H3. The third-order valence-electron chi connectivity index (χ3n) is 2.89. The van der Waals surface area contributed by atoms with Crippen molar-refractivity contribution in [3.63, 3.8) is 0 Å². The number of thiazole rings is 1. The van der Waals surface area contributed by atoms with Crippen molar-refractivity contribution in [2.24, 2.45) is 0 Å². The maximum Gasteiger partial charge on any atom is 0.196 e. The molecule has 0 aromatic carbocycles. The minimum absolute atomic E-state index is 0.0154. The zero-order valence-corrected chi connectivity index (χ0v) is 11.6. The lowest BCUT2D eigenvalue weighted by Gasteiger charge is -2.20. The highest BCUT2D eigenvalue weighted by molar-refractivity contribution is 7.14. The number of halogens is 1. The number of Topliss-reactive ketones (excluding diaryl/α,β-unsaturated/α-hetero) is 1. The molecule has 3 nitrogen and oxygen atoms in total. The number of carbonyl (C=O) groups is 1. The smallest absolute Gasteiger partial charge is 0.196 e. The Morgan fingerprint density at radius 1 is 1.65 bits per heavy atom. The van der Waals surface area contributed by atoms with Crippen molar-refractivity contribution in [2.45, 2.75) is 38.6 Å². The van der Waals surface area contributed by atoms with Crippen LogP contribution in [-0.2, 0) is 0 Å². The molecule has 0 spiro atoms. The van der Waals surface area contributed by atoms with E-state index in [0.29, 0.717) is 11.7 Å². The molecule has 0 aliphatic heterocycles. The van der Waals surface area contributed by atoms with Gasteiger partial charge in [0.2, 0.25) is 0 Å². The lowest BCUT2D eigenvalue weighted by molar-refractivity contribution is 0.101. The zero-order chi connectivity index (χ0) is 12.3. The number of rotatable bonds is 7. The molecular weight excluding hydrogens is 256 g/mol. The van der Waals surface area contributed by atoms with Crippen LogP contribution in [0, 0.1) is 0 Å². The summed E-state index contributed by atoms with van der Waals surface area (Å²) < 4.78 is 0. The van der Waals surface area contributed by atoms with E-state index in [1.165, 1.54) is 25.7 Å². The second kappa shape index (κ2) is 5.83. The fourth-order valence-corrected chi connectivity index (χ4v) is 2.81. The first-order chi connectivity index (χ1) is 8.26. The van der Waals surface area contributed by atoms with Crippen LogP contribution in [0.4, 0.5) is 5.13 Å². The van der Waals surface area contributed by atoms with Gasteiger partial charge in [-0.2, -0.15) is 0 Å². The lowest BCUT2D eigenvalue weighted by atomic mass is 10.3. The largest absolute Gasteiger partial charge is 0.345 e. The van der Waals surface area contributed by atoms with E-state index in [4.69, 9.17) is 11.6 Å². The van der Waals surface area contributed by atoms with Crippen molar-refractivity contribution in [2.75, 3.05) is 17.3 Å². The molecule has 5 heteroatoms. The van der Waals surface area contributed by atoms with E-state index in [0.717, 1.165) is 11.7 Å². The third kappa shape index (κ3) is 3.19. The molecule has 0 unspecified atom stereocenters. The van der Waals surface area contributed by atoms with Gasteiger partial charge in [-0.15, -0.1) is 22.9 Å². The van der Waals surface area contributed by atoms with Crippen molar-refractivity contribution in [1.29, 1.82) is 0 Å². The number of hydrogen-bond donors (Lipinski definition) is 0. The van der Waals surface area contributed by atoms with Crippen LogP contribution >= 0.6 is 22.9 Å². The third-order valence-corrected chi connectivity index (χ3v) is 4.01. The number of nitrogens with zero attached hydrogens (tertiary/aromatic N) is 2. The number of unbranched alkanes of at least 4 members (excludes halogenated alkanes) is 1. The second-order valence-corrected chi connectivity index (χ2v) is 5.45. The van der Waals surface area contributed by atoms with Gasteiger partial charge in [0.1, 0.15) is 5.69 Å². The van der Waals surface area contributed by atoms with E-state index in [9.17, 15) is 4.79 Å². The van der Waals surface area contributed by atoms with Gasteiger partial charge in [0.05, 0.1) is 5.88 Å². The molecular formula is C12H17ClN2OS. The monoisotopic (exact) mass is 272 g/mol. The highest BCUT2D eigenvalue weighted by Crippen LogP contribution is 2.33. The highest BCUT2D eigenvalue weighted by atomic mass is 35.5. The number of carbonyl (C=O) groups excluding carboxylic acids is 1. The maximum absolute atomic E-state index is 11.4. The molecule has 0 radical (unpaired) electrons. The highest BCUT2D eigenvalue weighted by Gasteiger charge is 2.30. The van der Waals surface area contributed by atoms with Crippen molar-refractivity contribution < 1.29 is 4.79 Å². The van der Waals surface area contributed by atoms with E-state index in [2.05, 4.69) is 16.8 Å². The first-order valence-corrected chi connectivity index (χ1v) is 7.49. The average Bonchev–Trinajstić information content (AvgIpc) is 3.06. The summed E-state index contributed by atoms with van der Waals surface area (Å²) in [5.41, 5.74) is 0.516. The van der Waals surface area contributed by atoms with Gasteiger partial charge in [0.25, 0.3) is 0 Å². The quantitative estimate of drug-likeness (QED) is 0.564. The van der Waals surface area contributed by atoms with Gasteiger partial charge in [0.15, 0.2) is 10.9 Å². The van der Waals surface area contributed by atoms with E-state index < -0.39 is 0 Å². The first kappa shape index (κ1) is 12.8. The van der Waals surface area contributed by atoms with Gasteiger partial charge in [-0.1, -0.05) is 13.3 Å². The topological polar surface area (TPSA) is 33.2 Å². The molecule has 1 aromatic rings. The van der Waals surface area contributed by atoms with Gasteiger partial charge in [0, 0.05) is 18.0 Å². The second-order valence-electron chi connectivity index (χ2n) is 4.35. The Labute approximate surface area is 111 Å². The molecule has 0 amide bonds. The summed E-state index contributed by atoms with van der Waals surface area (Å²) in [7, 11) is 0. The molecule has 94 valence electrons. The predicted octanol–water partition coefficient (Wildman–Crippen LogP) is 3.33. The SMILES string of the molecule is CCCCN(c1nc(C(=O)CCl)cs1)C1CC1. The summed E-state index contributed by atoms with van der Waals surface area (Å²) in [6.45, 7) is 3.23. The Kier molecular flexibility index (Phi) is 4.40. The van der Waals surface area contributed by atoms with Crippen molar-refractivity contribution >= 4 is 33.9 Å². The number of anilines is 1. The molecule has 1 saturated carbocycles. The van der Waals surface area contributed by atoms with Gasteiger partial charge < -0.3 is 4.90 Å². The Morgan fingerprint density at radius 3 is 3.00 bits per heavy atom. The average molecular weight is 273 g/mol. The van der Waals surface area contributed by atoms with Crippen LogP contribution in [0.15, 0.2) is 5.38 Å². The van der Waals surface area contributed by atoms with Crippen LogP contribution in [0.1, 0.15) is 43.1 Å². The molecule has 1 heterocycles. The van der Waals surface area contributed by atoms with Crippen LogP contribution < -0.4 is 4.90 Å². The van der Waals surface area contributed by atoms with Crippen LogP contribution in [0.2, 0.25) is 0 Å². The molecule has 2 rings (SSSR count).